The van der Waals surface area contributed by atoms with E-state index in [1.165, 1.54) is 17.5 Å². The van der Waals surface area contributed by atoms with E-state index in [0.717, 1.165) is 0 Å². The molecule has 2 rings (SSSR count). The van der Waals surface area contributed by atoms with E-state index in [9.17, 15) is 13.2 Å². The Labute approximate surface area is 124 Å². The van der Waals surface area contributed by atoms with Crippen LogP contribution in [0.15, 0.2) is 11.2 Å². The van der Waals surface area contributed by atoms with E-state index < -0.39 is 16.1 Å². The van der Waals surface area contributed by atoms with Crippen LogP contribution in [-0.2, 0) is 21.4 Å². The molecular formula is C12H21N5O3S. The van der Waals surface area contributed by atoms with Crippen molar-refractivity contribution in [1.29, 1.82) is 0 Å². The molecule has 1 atom stereocenters. The number of likely N-dealkylation sites (N-methyl/N-ethyl adjacent to an activating group) is 1. The van der Waals surface area contributed by atoms with Crippen LogP contribution in [0.1, 0.15) is 12.7 Å². The van der Waals surface area contributed by atoms with Crippen molar-refractivity contribution in [2.45, 2.75) is 31.5 Å². The third-order valence-electron chi connectivity index (χ3n) is 3.61. The standard InChI is InChI=1S/C12H21N5O3S/c1-4-16-8-11(15-9(16)2)21(19,20)17-6-5-14-7-10(17)12(18)13-3/h8,10,14H,4-7H2,1-3H3,(H,13,18). The number of rotatable bonds is 4. The van der Waals surface area contributed by atoms with Crippen LogP contribution in [0, 0.1) is 6.92 Å². The molecule has 1 aromatic rings. The highest BCUT2D eigenvalue weighted by Crippen LogP contribution is 2.19. The first-order valence-corrected chi connectivity index (χ1v) is 8.33. The number of aryl methyl sites for hydroxylation is 2. The first-order valence-electron chi connectivity index (χ1n) is 6.89. The highest BCUT2D eigenvalue weighted by atomic mass is 32.2. The molecule has 1 saturated heterocycles. The number of sulfonamides is 1. The van der Waals surface area contributed by atoms with Gasteiger partial charge in [0.1, 0.15) is 11.9 Å². The smallest absolute Gasteiger partial charge is 0.262 e. The van der Waals surface area contributed by atoms with Crippen LogP contribution in [0.3, 0.4) is 0 Å². The lowest BCUT2D eigenvalue weighted by Gasteiger charge is -2.33. The number of hydrogen-bond donors (Lipinski definition) is 2. The van der Waals surface area contributed by atoms with Gasteiger partial charge in [-0.2, -0.15) is 4.31 Å². The highest BCUT2D eigenvalue weighted by Gasteiger charge is 2.38. The van der Waals surface area contributed by atoms with E-state index in [2.05, 4.69) is 15.6 Å². The van der Waals surface area contributed by atoms with E-state index in [1.54, 1.807) is 11.5 Å². The Kier molecular flexibility index (Phi) is 4.64. The minimum Gasteiger partial charge on any atom is -0.358 e. The van der Waals surface area contributed by atoms with Crippen LogP contribution in [0.4, 0.5) is 0 Å². The van der Waals surface area contributed by atoms with Crippen LogP contribution < -0.4 is 10.6 Å². The van der Waals surface area contributed by atoms with Gasteiger partial charge in [0.25, 0.3) is 10.0 Å². The topological polar surface area (TPSA) is 96.3 Å². The van der Waals surface area contributed by atoms with Gasteiger partial charge in [0.2, 0.25) is 5.91 Å². The predicted molar refractivity (Wildman–Crippen MR) is 77.3 cm³/mol. The lowest BCUT2D eigenvalue weighted by atomic mass is 10.2. The minimum absolute atomic E-state index is 0.00217. The normalized spacial score (nSPS) is 20.4. The molecule has 1 aliphatic heterocycles. The van der Waals surface area contributed by atoms with Crippen LogP contribution >= 0.6 is 0 Å². The van der Waals surface area contributed by atoms with Gasteiger partial charge in [0.15, 0.2) is 5.03 Å². The molecule has 1 amide bonds. The zero-order valence-electron chi connectivity index (χ0n) is 12.5. The van der Waals surface area contributed by atoms with Gasteiger partial charge in [-0.25, -0.2) is 13.4 Å². The minimum atomic E-state index is -3.78. The molecule has 1 aliphatic rings. The summed E-state index contributed by atoms with van der Waals surface area (Å²) >= 11 is 0. The molecule has 0 radical (unpaired) electrons. The summed E-state index contributed by atoms with van der Waals surface area (Å²) in [6.07, 6.45) is 1.52. The maximum Gasteiger partial charge on any atom is 0.262 e. The summed E-state index contributed by atoms with van der Waals surface area (Å²) in [5, 5.41) is 5.54. The van der Waals surface area contributed by atoms with Crippen LogP contribution in [0.25, 0.3) is 0 Å². The number of amides is 1. The Morgan fingerprint density at radius 3 is 2.86 bits per heavy atom. The molecule has 21 heavy (non-hydrogen) atoms. The Morgan fingerprint density at radius 1 is 1.57 bits per heavy atom. The molecule has 1 unspecified atom stereocenters. The average Bonchev–Trinajstić information content (AvgIpc) is 2.88. The third kappa shape index (κ3) is 2.94. The van der Waals surface area contributed by atoms with Crippen LogP contribution in [0.5, 0.6) is 0 Å². The lowest BCUT2D eigenvalue weighted by molar-refractivity contribution is -0.124. The second-order valence-corrected chi connectivity index (χ2v) is 6.70. The molecule has 1 fully saturated rings. The van der Waals surface area contributed by atoms with Gasteiger partial charge in [-0.05, 0) is 13.8 Å². The number of hydrogen-bond acceptors (Lipinski definition) is 5. The molecule has 9 heteroatoms. The fraction of sp³-hybridized carbons (Fsp3) is 0.667. The zero-order valence-corrected chi connectivity index (χ0v) is 13.3. The molecule has 8 nitrogen and oxygen atoms in total. The van der Waals surface area contributed by atoms with Gasteiger partial charge in [-0.15, -0.1) is 0 Å². The second kappa shape index (κ2) is 6.12. The summed E-state index contributed by atoms with van der Waals surface area (Å²) in [5.74, 6) is 0.320. The molecule has 0 spiro atoms. The summed E-state index contributed by atoms with van der Waals surface area (Å²) in [6, 6.07) is -0.749. The van der Waals surface area contributed by atoms with Gasteiger partial charge in [-0.3, -0.25) is 4.79 Å². The Balaban J connectivity index is 2.37. The van der Waals surface area contributed by atoms with Crippen LogP contribution in [-0.4, -0.2) is 60.9 Å². The van der Waals surface area contributed by atoms with Crippen molar-refractivity contribution in [3.05, 3.63) is 12.0 Å². The summed E-state index contributed by atoms with van der Waals surface area (Å²) < 4.78 is 28.5. The number of imidazole rings is 1. The number of piperazine rings is 1. The quantitative estimate of drug-likeness (QED) is 0.737. The molecule has 118 valence electrons. The molecule has 2 N–H and O–H groups in total. The molecule has 2 heterocycles. The first-order chi connectivity index (χ1) is 9.91. The van der Waals surface area contributed by atoms with Gasteiger partial charge in [-0.1, -0.05) is 0 Å². The maximum absolute atomic E-state index is 12.7. The first kappa shape index (κ1) is 15.9. The molecule has 0 aliphatic carbocycles. The Bertz CT molecular complexity index is 625. The lowest BCUT2D eigenvalue weighted by Crippen LogP contribution is -2.59. The van der Waals surface area contributed by atoms with Crippen molar-refractivity contribution in [2.24, 2.45) is 0 Å². The zero-order chi connectivity index (χ0) is 15.6. The molecular weight excluding hydrogens is 294 g/mol. The fourth-order valence-electron chi connectivity index (χ4n) is 2.41. The van der Waals surface area contributed by atoms with Gasteiger partial charge in [0, 0.05) is 39.4 Å². The number of nitrogens with zero attached hydrogens (tertiary/aromatic N) is 3. The van der Waals surface area contributed by atoms with Crippen molar-refractivity contribution < 1.29 is 13.2 Å². The van der Waals surface area contributed by atoms with E-state index in [4.69, 9.17) is 0 Å². The van der Waals surface area contributed by atoms with Crippen LogP contribution in [0.2, 0.25) is 0 Å². The number of nitrogens with one attached hydrogen (secondary N) is 2. The Hall–Kier alpha value is -1.45. The van der Waals surface area contributed by atoms with Crippen molar-refractivity contribution >= 4 is 15.9 Å². The van der Waals surface area contributed by atoms with E-state index in [-0.39, 0.29) is 17.5 Å². The number of carbonyl (C=O) groups excluding carboxylic acids is 1. The number of aromatic nitrogens is 2. The average molecular weight is 315 g/mol. The second-order valence-electron chi connectivity index (χ2n) is 4.86. The Morgan fingerprint density at radius 2 is 2.29 bits per heavy atom. The van der Waals surface area contributed by atoms with Gasteiger partial charge in [0.05, 0.1) is 0 Å². The summed E-state index contributed by atoms with van der Waals surface area (Å²) in [7, 11) is -2.28. The van der Waals surface area contributed by atoms with Crippen molar-refractivity contribution in [3.63, 3.8) is 0 Å². The van der Waals surface area contributed by atoms with Crippen molar-refractivity contribution in [3.8, 4) is 0 Å². The predicted octanol–water partition coefficient (Wildman–Crippen LogP) is -1.08. The van der Waals surface area contributed by atoms with E-state index in [1.807, 2.05) is 6.92 Å². The number of carbonyl (C=O) groups is 1. The molecule has 0 saturated carbocycles. The van der Waals surface area contributed by atoms with Gasteiger partial charge >= 0.3 is 0 Å². The largest absolute Gasteiger partial charge is 0.358 e. The summed E-state index contributed by atoms with van der Waals surface area (Å²) in [5.41, 5.74) is 0. The van der Waals surface area contributed by atoms with Crippen molar-refractivity contribution in [2.75, 3.05) is 26.7 Å². The molecule has 0 bridgehead atoms. The van der Waals surface area contributed by atoms with E-state index >= 15 is 0 Å². The molecule has 0 aromatic carbocycles. The summed E-state index contributed by atoms with van der Waals surface area (Å²) in [6.45, 7) is 5.39. The van der Waals surface area contributed by atoms with E-state index in [0.29, 0.717) is 25.5 Å². The SMILES string of the molecule is CCn1cc(S(=O)(=O)N2CCNCC2C(=O)NC)nc1C. The van der Waals surface area contributed by atoms with Crippen molar-refractivity contribution in [1.82, 2.24) is 24.5 Å². The third-order valence-corrected chi connectivity index (χ3v) is 5.39. The fourth-order valence-corrected chi connectivity index (χ4v) is 3.99. The monoisotopic (exact) mass is 315 g/mol. The van der Waals surface area contributed by atoms with Gasteiger partial charge < -0.3 is 15.2 Å². The molecule has 1 aromatic heterocycles. The highest BCUT2D eigenvalue weighted by molar-refractivity contribution is 7.89. The summed E-state index contributed by atoms with van der Waals surface area (Å²) in [4.78, 5) is 16.0. The maximum atomic E-state index is 12.7.